The third-order valence-electron chi connectivity index (χ3n) is 6.59. The smallest absolute Gasteiger partial charge is 0.408 e. The lowest BCUT2D eigenvalue weighted by atomic mass is 10.1. The number of hydrogen-bond acceptors (Lipinski definition) is 9. The minimum Gasteiger partial charge on any atom is -0.474 e. The second-order valence-electron chi connectivity index (χ2n) is 9.97. The monoisotopic (exact) mass is 551 g/mol. The van der Waals surface area contributed by atoms with E-state index < -0.39 is 29.9 Å². The highest BCUT2D eigenvalue weighted by molar-refractivity contribution is 6.05. The van der Waals surface area contributed by atoms with E-state index in [-0.39, 0.29) is 42.0 Å². The number of rotatable bonds is 6. The number of halogens is 3. The molecule has 1 unspecified atom stereocenters. The fourth-order valence-corrected chi connectivity index (χ4v) is 4.60. The first kappa shape index (κ1) is 26.9. The highest BCUT2D eigenvalue weighted by Crippen LogP contribution is 2.39. The summed E-state index contributed by atoms with van der Waals surface area (Å²) in [7, 11) is 0. The van der Waals surface area contributed by atoms with Gasteiger partial charge in [-0.15, -0.1) is 0 Å². The van der Waals surface area contributed by atoms with Gasteiger partial charge in [0, 0.05) is 13.1 Å². The molecule has 2 N–H and O–H groups in total. The predicted molar refractivity (Wildman–Crippen MR) is 132 cm³/mol. The molecular weight excluding hydrogens is 523 g/mol. The van der Waals surface area contributed by atoms with E-state index in [0.717, 1.165) is 6.92 Å². The molecule has 3 atom stereocenters. The summed E-state index contributed by atoms with van der Waals surface area (Å²) in [6.07, 6.45) is -1.50. The zero-order valence-electron chi connectivity index (χ0n) is 21.5. The van der Waals surface area contributed by atoms with Gasteiger partial charge in [0.15, 0.2) is 17.4 Å². The molecule has 2 aromatic rings. The Kier molecular flexibility index (Phi) is 6.97. The number of carbonyl (C=O) groups is 2. The van der Waals surface area contributed by atoms with Crippen LogP contribution >= 0.6 is 0 Å². The van der Waals surface area contributed by atoms with E-state index in [1.54, 1.807) is 6.07 Å². The Morgan fingerprint density at radius 3 is 2.72 bits per heavy atom. The van der Waals surface area contributed by atoms with Gasteiger partial charge in [0.2, 0.25) is 5.88 Å². The fourth-order valence-electron chi connectivity index (χ4n) is 4.60. The van der Waals surface area contributed by atoms with Crippen molar-refractivity contribution in [3.05, 3.63) is 30.2 Å². The van der Waals surface area contributed by atoms with Gasteiger partial charge in [-0.25, -0.2) is 19.7 Å². The van der Waals surface area contributed by atoms with E-state index in [9.17, 15) is 22.8 Å². The van der Waals surface area contributed by atoms with E-state index in [1.165, 1.54) is 23.4 Å². The first-order chi connectivity index (χ1) is 18.4. The van der Waals surface area contributed by atoms with Crippen molar-refractivity contribution in [1.82, 2.24) is 20.3 Å². The summed E-state index contributed by atoms with van der Waals surface area (Å²) in [5, 5.41) is 4.57. The summed E-state index contributed by atoms with van der Waals surface area (Å²) < 4.78 is 55.5. The molecule has 0 aromatic carbocycles. The van der Waals surface area contributed by atoms with Gasteiger partial charge in [-0.05, 0) is 39.3 Å². The molecule has 3 aliphatic rings. The number of pyridine rings is 1. The lowest BCUT2D eigenvalue weighted by Gasteiger charge is -2.35. The van der Waals surface area contributed by atoms with Gasteiger partial charge in [0.05, 0.1) is 30.7 Å². The normalized spacial score (nSPS) is 22.3. The Morgan fingerprint density at radius 1 is 1.26 bits per heavy atom. The zero-order chi connectivity index (χ0) is 27.9. The van der Waals surface area contributed by atoms with Gasteiger partial charge in [-0.2, -0.15) is 13.2 Å². The van der Waals surface area contributed by atoms with E-state index in [2.05, 4.69) is 20.3 Å². The molecule has 2 bridgehead atoms. The van der Waals surface area contributed by atoms with Crippen LogP contribution in [0, 0.1) is 0 Å². The Balaban J connectivity index is 1.27. The number of hydrogen-bond donors (Lipinski definition) is 2. The number of nitrogens with one attached hydrogen (secondary N) is 2. The Morgan fingerprint density at radius 2 is 2.05 bits per heavy atom. The number of urea groups is 1. The Bertz CT molecular complexity index is 1240. The molecule has 2 aromatic heterocycles. The lowest BCUT2D eigenvalue weighted by Crippen LogP contribution is -2.49. The first-order valence-corrected chi connectivity index (χ1v) is 12.4. The van der Waals surface area contributed by atoms with Gasteiger partial charge < -0.3 is 24.4 Å². The van der Waals surface area contributed by atoms with Gasteiger partial charge >= 0.3 is 12.2 Å². The van der Waals surface area contributed by atoms with Gasteiger partial charge in [-0.1, -0.05) is 0 Å². The third kappa shape index (κ3) is 5.83. The summed E-state index contributed by atoms with van der Waals surface area (Å²) in [5.74, 6) is -1.08. The van der Waals surface area contributed by atoms with Crippen molar-refractivity contribution in [2.45, 2.75) is 57.3 Å². The first-order valence-electron chi connectivity index (χ1n) is 12.4. The molecule has 5 rings (SSSR count). The van der Waals surface area contributed by atoms with Crippen LogP contribution in [-0.4, -0.2) is 83.3 Å². The quantitative estimate of drug-likeness (QED) is 0.556. The molecule has 0 saturated carbocycles. The molecule has 3 amide bonds. The van der Waals surface area contributed by atoms with Gasteiger partial charge in [0.1, 0.15) is 24.4 Å². The number of alkyl halides is 3. The summed E-state index contributed by atoms with van der Waals surface area (Å²) >= 11 is 0. The number of amides is 3. The molecule has 15 heteroatoms. The largest absolute Gasteiger partial charge is 0.474 e. The highest BCUT2D eigenvalue weighted by Gasteiger charge is 2.41. The van der Waals surface area contributed by atoms with Crippen molar-refractivity contribution < 1.29 is 37.0 Å². The van der Waals surface area contributed by atoms with Crippen molar-refractivity contribution in [2.24, 2.45) is 0 Å². The maximum Gasteiger partial charge on any atom is 0.408 e. The maximum atomic E-state index is 13.3. The summed E-state index contributed by atoms with van der Waals surface area (Å²) in [6, 6.07) is 0.0753. The summed E-state index contributed by atoms with van der Waals surface area (Å²) in [6.45, 7) is 6.30. The summed E-state index contributed by atoms with van der Waals surface area (Å²) in [5.41, 5.74) is 0.377. The van der Waals surface area contributed by atoms with Crippen LogP contribution in [0.1, 0.15) is 37.7 Å². The van der Waals surface area contributed by atoms with Crippen molar-refractivity contribution >= 4 is 29.3 Å². The minimum atomic E-state index is -4.60. The van der Waals surface area contributed by atoms with Crippen LogP contribution in [0.25, 0.3) is 0 Å². The number of fused-ring (bicyclic) bond motifs is 4. The van der Waals surface area contributed by atoms with Crippen LogP contribution < -0.4 is 25.2 Å². The molecule has 5 heterocycles. The number of anilines is 3. The second-order valence-corrected chi connectivity index (χ2v) is 9.97. The molecule has 210 valence electrons. The van der Waals surface area contributed by atoms with Crippen LogP contribution in [0.3, 0.4) is 0 Å². The van der Waals surface area contributed by atoms with Crippen LogP contribution in [0.15, 0.2) is 24.5 Å². The number of carbonyl (C=O) groups excluding carboxylic acids is 2. The molecule has 12 nitrogen and oxygen atoms in total. The van der Waals surface area contributed by atoms with Gasteiger partial charge in [-0.3, -0.25) is 15.0 Å². The van der Waals surface area contributed by atoms with E-state index in [4.69, 9.17) is 14.2 Å². The Hall–Kier alpha value is -3.72. The highest BCUT2D eigenvalue weighted by atomic mass is 19.4. The van der Waals surface area contributed by atoms with Gasteiger partial charge in [0.25, 0.3) is 5.91 Å². The number of ether oxygens (including phenoxy) is 3. The van der Waals surface area contributed by atoms with Crippen molar-refractivity contribution in [2.75, 3.05) is 41.4 Å². The number of aromatic nitrogens is 3. The molecule has 2 fully saturated rings. The third-order valence-corrected chi connectivity index (χ3v) is 6.59. The zero-order valence-corrected chi connectivity index (χ0v) is 21.5. The van der Waals surface area contributed by atoms with Crippen molar-refractivity contribution in [3.63, 3.8) is 0 Å². The molecule has 0 radical (unpaired) electrons. The average molecular weight is 552 g/mol. The molecule has 0 spiro atoms. The fraction of sp³-hybridized carbons (Fsp3) is 0.542. The lowest BCUT2D eigenvalue weighted by molar-refractivity contribution is -0.149. The van der Waals surface area contributed by atoms with Crippen LogP contribution in [0.5, 0.6) is 5.88 Å². The maximum absolute atomic E-state index is 13.3. The summed E-state index contributed by atoms with van der Waals surface area (Å²) in [4.78, 5) is 41.9. The predicted octanol–water partition coefficient (Wildman–Crippen LogP) is 2.71. The number of nitrogens with zero attached hydrogens (tertiary/aromatic N) is 5. The molecule has 39 heavy (non-hydrogen) atoms. The molecular formula is C24H28F3N7O5. The van der Waals surface area contributed by atoms with Crippen LogP contribution in [-0.2, 0) is 9.47 Å². The van der Waals surface area contributed by atoms with Crippen LogP contribution in [0.4, 0.5) is 35.3 Å². The van der Waals surface area contributed by atoms with E-state index in [1.807, 2.05) is 24.1 Å². The SMILES string of the molecule is CC(NC(=O)c1ccc2c(n1)N(C(=O)Nc1cnc(OC[C@H]3COC(C)(C)O3)cn1)[C@H]1CCN2C1)C(F)(F)F. The van der Waals surface area contributed by atoms with E-state index >= 15 is 0 Å². The minimum absolute atomic E-state index is 0.156. The Labute approximate surface area is 221 Å². The van der Waals surface area contributed by atoms with Crippen LogP contribution in [0.2, 0.25) is 0 Å². The molecule has 0 aliphatic carbocycles. The average Bonchev–Trinajstić information content (AvgIpc) is 3.45. The second kappa shape index (κ2) is 10.1. The topological polar surface area (TPSA) is 131 Å². The van der Waals surface area contributed by atoms with E-state index in [0.29, 0.717) is 31.8 Å². The molecule has 3 aliphatic heterocycles. The molecule has 2 saturated heterocycles. The standard InChI is InChI=1S/C24H28F3N7O5/c1-13(24(25,26)27)30-21(35)16-4-5-17-20(31-16)34(14-6-7-33(17)10-14)22(36)32-18-8-29-19(9-28-18)37-11-15-12-38-23(2,3)39-15/h4-5,8-9,13-15H,6-7,10-12H2,1-3H3,(H,30,35)(H,28,32,36)/t13?,14-,15-/m0/s1. The van der Waals surface area contributed by atoms with Crippen molar-refractivity contribution in [3.8, 4) is 5.88 Å². The van der Waals surface area contributed by atoms with Crippen molar-refractivity contribution in [1.29, 1.82) is 0 Å².